The number of hydrogen-bond acceptors (Lipinski definition) is 3. The number of nitrogens with zero attached hydrogens (tertiary/aromatic N) is 1. The minimum Gasteiger partial charge on any atom is -0.748 e. The summed E-state index contributed by atoms with van der Waals surface area (Å²) in [6.45, 7) is 6.58. The molecular weight excluding hydrogens is 238 g/mol. The fourth-order valence-electron chi connectivity index (χ4n) is 2.24. The van der Waals surface area contributed by atoms with Crippen molar-refractivity contribution in [3.8, 4) is 0 Å². The highest BCUT2D eigenvalue weighted by molar-refractivity contribution is 7.84. The van der Waals surface area contributed by atoms with E-state index in [9.17, 15) is 0 Å². The predicted octanol–water partition coefficient (Wildman–Crippen LogP) is 1.97. The number of likely N-dealkylation sites (tertiary alicyclic amines) is 1. The van der Waals surface area contributed by atoms with Gasteiger partial charge in [-0.25, -0.2) is 8.42 Å². The second-order valence-corrected chi connectivity index (χ2v) is 6.67. The molecule has 0 aromatic heterocycles. The van der Waals surface area contributed by atoms with Gasteiger partial charge in [-0.3, -0.25) is 0 Å². The van der Waals surface area contributed by atoms with E-state index >= 15 is 0 Å². The van der Waals surface area contributed by atoms with Crippen LogP contribution < -0.4 is 0 Å². The van der Waals surface area contributed by atoms with E-state index < -0.39 is 10.1 Å². The zero-order chi connectivity index (χ0) is 13.4. The highest BCUT2D eigenvalue weighted by Crippen LogP contribution is 2.17. The molecule has 0 amide bonds. The molecule has 1 aliphatic heterocycles. The Bertz CT molecular complexity index is 274. The lowest BCUT2D eigenvalue weighted by molar-refractivity contribution is -0.914. The summed E-state index contributed by atoms with van der Waals surface area (Å²) in [6, 6.07) is 0. The molecule has 0 spiro atoms. The lowest BCUT2D eigenvalue weighted by Crippen LogP contribution is -2.48. The predicted molar refractivity (Wildman–Crippen MR) is 69.8 cm³/mol. The van der Waals surface area contributed by atoms with Crippen LogP contribution >= 0.6 is 0 Å². The average Bonchev–Trinajstić information content (AvgIpc) is 2.16. The van der Waals surface area contributed by atoms with E-state index in [4.69, 9.17) is 13.0 Å². The van der Waals surface area contributed by atoms with Crippen molar-refractivity contribution in [3.05, 3.63) is 0 Å². The van der Waals surface area contributed by atoms with Crippen molar-refractivity contribution >= 4 is 10.1 Å². The summed E-state index contributed by atoms with van der Waals surface area (Å²) in [5, 5.41) is 0. The van der Waals surface area contributed by atoms with Gasteiger partial charge < -0.3 is 9.04 Å². The van der Waals surface area contributed by atoms with Crippen molar-refractivity contribution in [1.29, 1.82) is 0 Å². The molecule has 1 saturated heterocycles. The summed E-state index contributed by atoms with van der Waals surface area (Å²) in [6.07, 6.45) is 9.22. The summed E-state index contributed by atoms with van der Waals surface area (Å²) >= 11 is 0. The molecule has 17 heavy (non-hydrogen) atoms. The number of unbranched alkanes of at least 4 members (excludes halogenated alkanes) is 2. The second kappa shape index (κ2) is 8.06. The molecule has 0 aromatic carbocycles. The molecule has 0 radical (unpaired) electrons. The van der Waals surface area contributed by atoms with Crippen LogP contribution in [0.5, 0.6) is 0 Å². The molecule has 1 rings (SSSR count). The molecule has 5 heteroatoms. The SMILES string of the molecule is CCCCC[N+]1(C)CCCCC1.CS(=O)(=O)[O-]. The largest absolute Gasteiger partial charge is 0.748 e. The molecule has 0 bridgehead atoms. The molecule has 0 aliphatic carbocycles. The number of piperidine rings is 1. The van der Waals surface area contributed by atoms with Crippen LogP contribution in [-0.4, -0.2) is 50.4 Å². The van der Waals surface area contributed by atoms with Gasteiger partial charge in [-0.05, 0) is 32.1 Å². The normalized spacial score (nSPS) is 19.3. The van der Waals surface area contributed by atoms with Crippen LogP contribution in [0.4, 0.5) is 0 Å². The molecular formula is C12H27NO3S. The monoisotopic (exact) mass is 265 g/mol. The van der Waals surface area contributed by atoms with Gasteiger partial charge >= 0.3 is 0 Å². The van der Waals surface area contributed by atoms with Crippen molar-refractivity contribution in [2.75, 3.05) is 32.9 Å². The van der Waals surface area contributed by atoms with Crippen molar-refractivity contribution in [1.82, 2.24) is 0 Å². The summed E-state index contributed by atoms with van der Waals surface area (Å²) in [5.74, 6) is 0. The first-order valence-corrected chi connectivity index (χ1v) is 8.33. The zero-order valence-corrected chi connectivity index (χ0v) is 12.3. The standard InChI is InChI=1S/C11H24N.CH4O3S/c1-3-4-6-9-12(2)10-7-5-8-11-12;1-5(2,3)4/h3-11H2,1-2H3;1H3,(H,2,3,4)/q+1;/p-1. The molecule has 0 N–H and O–H groups in total. The third-order valence-electron chi connectivity index (χ3n) is 3.20. The molecule has 104 valence electrons. The summed E-state index contributed by atoms with van der Waals surface area (Å²) in [5.41, 5.74) is 0. The Morgan fingerprint density at radius 3 is 2.00 bits per heavy atom. The third-order valence-corrected chi connectivity index (χ3v) is 3.20. The Hall–Kier alpha value is -0.130. The molecule has 1 aliphatic rings. The lowest BCUT2D eigenvalue weighted by Gasteiger charge is -2.37. The van der Waals surface area contributed by atoms with E-state index in [0.29, 0.717) is 6.26 Å². The second-order valence-electron chi connectivity index (χ2n) is 5.26. The first kappa shape index (κ1) is 16.9. The van der Waals surface area contributed by atoms with Crippen LogP contribution in [-0.2, 0) is 10.1 Å². The van der Waals surface area contributed by atoms with E-state index in [0.717, 1.165) is 0 Å². The minimum absolute atomic E-state index is 0.604. The number of rotatable bonds is 4. The highest BCUT2D eigenvalue weighted by Gasteiger charge is 2.23. The first-order valence-electron chi connectivity index (χ1n) is 6.51. The highest BCUT2D eigenvalue weighted by atomic mass is 32.2. The maximum Gasteiger partial charge on any atom is 0.0916 e. The maximum atomic E-state index is 9.08. The first-order chi connectivity index (χ1) is 7.77. The van der Waals surface area contributed by atoms with E-state index in [1.807, 2.05) is 0 Å². The van der Waals surface area contributed by atoms with Gasteiger partial charge in [-0.2, -0.15) is 0 Å². The lowest BCUT2D eigenvalue weighted by atomic mass is 10.1. The Balaban J connectivity index is 0.000000437. The van der Waals surface area contributed by atoms with Crippen LogP contribution in [0.25, 0.3) is 0 Å². The van der Waals surface area contributed by atoms with Crippen molar-refractivity contribution in [2.45, 2.75) is 45.4 Å². The van der Waals surface area contributed by atoms with Crippen LogP contribution in [0.3, 0.4) is 0 Å². The van der Waals surface area contributed by atoms with Crippen LogP contribution in [0, 0.1) is 0 Å². The third kappa shape index (κ3) is 12.1. The summed E-state index contributed by atoms with van der Waals surface area (Å²) in [4.78, 5) is 0. The van der Waals surface area contributed by atoms with E-state index in [1.54, 1.807) is 0 Å². The Morgan fingerprint density at radius 2 is 1.59 bits per heavy atom. The molecule has 1 heterocycles. The fourth-order valence-corrected chi connectivity index (χ4v) is 2.24. The molecule has 0 saturated carbocycles. The van der Waals surface area contributed by atoms with Gasteiger partial charge in [-0.15, -0.1) is 0 Å². The average molecular weight is 265 g/mol. The molecule has 1 fully saturated rings. The molecule has 4 nitrogen and oxygen atoms in total. The van der Waals surface area contributed by atoms with Crippen molar-refractivity contribution in [2.24, 2.45) is 0 Å². The maximum absolute atomic E-state index is 9.08. The smallest absolute Gasteiger partial charge is 0.0916 e. The van der Waals surface area contributed by atoms with Gasteiger partial charge in [0.1, 0.15) is 0 Å². The molecule has 0 unspecified atom stereocenters. The molecule has 0 atom stereocenters. The molecule has 0 aromatic rings. The minimum atomic E-state index is -3.92. The van der Waals surface area contributed by atoms with Crippen LogP contribution in [0.1, 0.15) is 45.4 Å². The van der Waals surface area contributed by atoms with Gasteiger partial charge in [0.25, 0.3) is 0 Å². The van der Waals surface area contributed by atoms with Gasteiger partial charge in [0, 0.05) is 6.26 Å². The van der Waals surface area contributed by atoms with Crippen LogP contribution in [0.15, 0.2) is 0 Å². The van der Waals surface area contributed by atoms with E-state index in [-0.39, 0.29) is 0 Å². The zero-order valence-electron chi connectivity index (χ0n) is 11.4. The van der Waals surface area contributed by atoms with Gasteiger partial charge in [0.15, 0.2) is 0 Å². The Kier molecular flexibility index (Phi) is 8.00. The van der Waals surface area contributed by atoms with Gasteiger partial charge in [-0.1, -0.05) is 13.3 Å². The van der Waals surface area contributed by atoms with Gasteiger partial charge in [0.2, 0.25) is 0 Å². The quantitative estimate of drug-likeness (QED) is 0.443. The van der Waals surface area contributed by atoms with Crippen molar-refractivity contribution < 1.29 is 17.5 Å². The summed E-state index contributed by atoms with van der Waals surface area (Å²) in [7, 11) is -1.48. The van der Waals surface area contributed by atoms with E-state index in [2.05, 4.69) is 14.0 Å². The van der Waals surface area contributed by atoms with Crippen molar-refractivity contribution in [3.63, 3.8) is 0 Å². The Morgan fingerprint density at radius 1 is 1.12 bits per heavy atom. The van der Waals surface area contributed by atoms with E-state index in [1.165, 1.54) is 62.6 Å². The van der Waals surface area contributed by atoms with Gasteiger partial charge in [0.05, 0.1) is 36.8 Å². The Labute approximate surface area is 106 Å². The topological polar surface area (TPSA) is 57.2 Å². The summed E-state index contributed by atoms with van der Waals surface area (Å²) < 4.78 is 28.6. The fraction of sp³-hybridized carbons (Fsp3) is 1.00. The number of quaternary nitrogens is 1. The number of hydrogen-bond donors (Lipinski definition) is 0. The van der Waals surface area contributed by atoms with Crippen LogP contribution in [0.2, 0.25) is 0 Å².